The number of fused-ring (bicyclic) bond motifs is 2. The van der Waals surface area contributed by atoms with Crippen LogP contribution in [0, 0.1) is 0 Å². The molecule has 0 radical (unpaired) electrons. The van der Waals surface area contributed by atoms with Gasteiger partial charge in [-0.2, -0.15) is 0 Å². The van der Waals surface area contributed by atoms with Crippen LogP contribution in [0.25, 0.3) is 0 Å². The van der Waals surface area contributed by atoms with E-state index in [-0.39, 0.29) is 36.2 Å². The average molecular weight is 307 g/mol. The number of esters is 2. The number of carbonyl (C=O) groups is 2. The number of hydrogen-bond acceptors (Lipinski definition) is 5. The number of nitrogens with one attached hydrogen (secondary N) is 1. The van der Waals surface area contributed by atoms with Crippen molar-refractivity contribution in [3.05, 3.63) is 23.3 Å². The van der Waals surface area contributed by atoms with Gasteiger partial charge in [0, 0.05) is 36.1 Å². The van der Waals surface area contributed by atoms with Crippen LogP contribution in [0.15, 0.2) is 23.3 Å². The molecule has 22 heavy (non-hydrogen) atoms. The van der Waals surface area contributed by atoms with Gasteiger partial charge in [0.25, 0.3) is 0 Å². The van der Waals surface area contributed by atoms with Gasteiger partial charge in [-0.1, -0.05) is 12.2 Å². The molecule has 2 heterocycles. The molecule has 2 rings (SSSR count). The molecule has 1 N–H and O–H groups in total. The van der Waals surface area contributed by atoms with Gasteiger partial charge in [-0.05, 0) is 34.1 Å². The van der Waals surface area contributed by atoms with Gasteiger partial charge in [-0.3, -0.25) is 0 Å². The molecule has 0 spiro atoms. The van der Waals surface area contributed by atoms with Gasteiger partial charge < -0.3 is 14.8 Å². The van der Waals surface area contributed by atoms with Crippen molar-refractivity contribution in [2.75, 3.05) is 0 Å². The molecule has 0 saturated carbocycles. The molecular weight excluding hydrogens is 282 g/mol. The lowest BCUT2D eigenvalue weighted by atomic mass is 10.0. The Morgan fingerprint density at radius 2 is 1.55 bits per heavy atom. The maximum absolute atomic E-state index is 11.9. The van der Waals surface area contributed by atoms with E-state index in [0.29, 0.717) is 17.6 Å². The van der Waals surface area contributed by atoms with Crippen LogP contribution in [0.5, 0.6) is 0 Å². The van der Waals surface area contributed by atoms with Crippen LogP contribution in [-0.2, 0) is 19.1 Å². The zero-order chi connectivity index (χ0) is 16.3. The summed E-state index contributed by atoms with van der Waals surface area (Å²) in [6, 6.07) is 0.308. The molecule has 2 bridgehead atoms. The van der Waals surface area contributed by atoms with Crippen molar-refractivity contribution in [3.8, 4) is 0 Å². The second-order valence-corrected chi connectivity index (χ2v) is 6.09. The normalized spacial score (nSPS) is 31.8. The Kier molecular flexibility index (Phi) is 5.40. The molecule has 2 aliphatic heterocycles. The second kappa shape index (κ2) is 7.09. The molecule has 2 saturated heterocycles. The molecule has 0 aromatic heterocycles. The van der Waals surface area contributed by atoms with Crippen LogP contribution in [0.1, 0.15) is 47.0 Å². The van der Waals surface area contributed by atoms with E-state index in [4.69, 9.17) is 9.47 Å². The lowest BCUT2D eigenvalue weighted by Crippen LogP contribution is -2.45. The summed E-state index contributed by atoms with van der Waals surface area (Å²) in [5.41, 5.74) is 1.24. The molecular formula is C17H25NO4. The highest BCUT2D eigenvalue weighted by Gasteiger charge is 2.43. The predicted octanol–water partition coefficient (Wildman–Crippen LogP) is 2.27. The summed E-state index contributed by atoms with van der Waals surface area (Å²) in [6.45, 7) is 7.15. The predicted molar refractivity (Wildman–Crippen MR) is 83.2 cm³/mol. The molecule has 4 atom stereocenters. The van der Waals surface area contributed by atoms with Crippen LogP contribution < -0.4 is 5.32 Å². The minimum Gasteiger partial charge on any atom is -0.459 e. The van der Waals surface area contributed by atoms with E-state index in [1.807, 2.05) is 13.8 Å². The smallest absolute Gasteiger partial charge is 0.333 e. The highest BCUT2D eigenvalue weighted by Crippen LogP contribution is 2.31. The van der Waals surface area contributed by atoms with Gasteiger partial charge in [-0.25, -0.2) is 9.59 Å². The summed E-state index contributed by atoms with van der Waals surface area (Å²) >= 11 is 0. The monoisotopic (exact) mass is 307 g/mol. The summed E-state index contributed by atoms with van der Waals surface area (Å²) < 4.78 is 11.1. The zero-order valence-electron chi connectivity index (χ0n) is 13.7. The van der Waals surface area contributed by atoms with Gasteiger partial charge in [0.05, 0.1) is 0 Å². The molecule has 4 unspecified atom stereocenters. The van der Waals surface area contributed by atoms with Crippen molar-refractivity contribution in [1.29, 1.82) is 0 Å². The molecule has 2 aliphatic rings. The Hall–Kier alpha value is -1.62. The summed E-state index contributed by atoms with van der Waals surface area (Å²) in [7, 11) is 0. The van der Waals surface area contributed by atoms with E-state index in [0.717, 1.165) is 12.8 Å². The van der Waals surface area contributed by atoms with Crippen LogP contribution in [0.2, 0.25) is 0 Å². The van der Waals surface area contributed by atoms with E-state index in [1.165, 1.54) is 0 Å². The van der Waals surface area contributed by atoms with Crippen molar-refractivity contribution in [2.45, 2.75) is 71.2 Å². The lowest BCUT2D eigenvalue weighted by molar-refractivity contribution is -0.148. The fourth-order valence-electron chi connectivity index (χ4n) is 2.94. The van der Waals surface area contributed by atoms with E-state index in [2.05, 4.69) is 5.32 Å². The molecule has 2 fully saturated rings. The molecule has 5 heteroatoms. The average Bonchev–Trinajstić information content (AvgIpc) is 2.79. The molecule has 122 valence electrons. The number of rotatable bonds is 4. The highest BCUT2D eigenvalue weighted by atomic mass is 16.6. The fourth-order valence-corrected chi connectivity index (χ4v) is 2.94. The maximum Gasteiger partial charge on any atom is 0.333 e. The van der Waals surface area contributed by atoms with E-state index >= 15 is 0 Å². The number of ether oxygens (including phenoxy) is 2. The largest absolute Gasteiger partial charge is 0.459 e. The summed E-state index contributed by atoms with van der Waals surface area (Å²) in [5, 5.41) is 3.45. The van der Waals surface area contributed by atoms with Crippen molar-refractivity contribution >= 4 is 11.9 Å². The van der Waals surface area contributed by atoms with Crippen LogP contribution in [0.3, 0.4) is 0 Å². The molecule has 0 aromatic rings. The third kappa shape index (κ3) is 3.77. The quantitative estimate of drug-likeness (QED) is 0.637. The third-order valence-electron chi connectivity index (χ3n) is 4.52. The van der Waals surface area contributed by atoms with Crippen molar-refractivity contribution in [2.24, 2.45) is 0 Å². The van der Waals surface area contributed by atoms with Gasteiger partial charge in [0.1, 0.15) is 12.2 Å². The highest BCUT2D eigenvalue weighted by molar-refractivity contribution is 5.88. The van der Waals surface area contributed by atoms with Crippen LogP contribution in [0.4, 0.5) is 0 Å². The number of hydrogen-bond donors (Lipinski definition) is 1. The summed E-state index contributed by atoms with van der Waals surface area (Å²) in [4.78, 5) is 23.8. The minimum atomic E-state index is -0.264. The van der Waals surface area contributed by atoms with E-state index in [9.17, 15) is 9.59 Å². The number of allylic oxidation sites excluding steroid dienone is 2. The van der Waals surface area contributed by atoms with Gasteiger partial charge in [-0.15, -0.1) is 0 Å². The molecule has 5 nitrogen and oxygen atoms in total. The molecule has 0 amide bonds. The Balaban J connectivity index is 1.92. The van der Waals surface area contributed by atoms with Gasteiger partial charge in [0.15, 0.2) is 0 Å². The first-order valence-corrected chi connectivity index (χ1v) is 7.88. The first kappa shape index (κ1) is 16.7. The first-order chi connectivity index (χ1) is 10.4. The minimum absolute atomic E-state index is 0.0658. The van der Waals surface area contributed by atoms with Crippen LogP contribution >= 0.6 is 0 Å². The summed E-state index contributed by atoms with van der Waals surface area (Å²) in [5.74, 6) is -0.521. The van der Waals surface area contributed by atoms with Crippen molar-refractivity contribution in [1.82, 2.24) is 5.32 Å². The lowest BCUT2D eigenvalue weighted by Gasteiger charge is -2.29. The Labute approximate surface area is 131 Å². The van der Waals surface area contributed by atoms with Crippen molar-refractivity contribution in [3.63, 3.8) is 0 Å². The third-order valence-corrected chi connectivity index (χ3v) is 4.52. The van der Waals surface area contributed by atoms with Gasteiger partial charge >= 0.3 is 11.9 Å². The Morgan fingerprint density at radius 1 is 0.955 bits per heavy atom. The first-order valence-electron chi connectivity index (χ1n) is 7.88. The maximum atomic E-state index is 11.9. The van der Waals surface area contributed by atoms with Crippen LogP contribution in [-0.4, -0.2) is 36.2 Å². The fraction of sp³-hybridized carbons (Fsp3) is 0.647. The Morgan fingerprint density at radius 3 is 2.14 bits per heavy atom. The van der Waals surface area contributed by atoms with E-state index < -0.39 is 0 Å². The standard InChI is InChI=1S/C17H25NO4/c1-5-10(3)16(19)21-13-7-12-8-15(14(9-13)18-12)22-17(20)11(4)6-2/h5-6,12-15,18H,7-9H2,1-4H3/b10-5+,11-6+. The second-order valence-electron chi connectivity index (χ2n) is 6.09. The van der Waals surface area contributed by atoms with E-state index in [1.54, 1.807) is 26.0 Å². The number of piperidine rings is 1. The van der Waals surface area contributed by atoms with Crippen molar-refractivity contribution < 1.29 is 19.1 Å². The topological polar surface area (TPSA) is 64.6 Å². The van der Waals surface area contributed by atoms with Gasteiger partial charge in [0.2, 0.25) is 0 Å². The SMILES string of the molecule is C/C=C(\C)C(=O)OC1CC2CC(OC(=O)/C(C)=C/C)C(C1)N2. The summed E-state index contributed by atoms with van der Waals surface area (Å²) in [6.07, 6.45) is 5.50. The number of carbonyl (C=O) groups excluding carboxylic acids is 2. The zero-order valence-corrected chi connectivity index (χ0v) is 13.7. The Bertz CT molecular complexity index is 507. The molecule has 0 aromatic carbocycles. The molecule has 0 aliphatic carbocycles.